The monoisotopic (exact) mass is 193 g/mol. The predicted molar refractivity (Wildman–Crippen MR) is 42.8 cm³/mol. The highest BCUT2D eigenvalue weighted by atomic mass is 19.3. The maximum Gasteiger partial charge on any atom is 0.317 e. The summed E-state index contributed by atoms with van der Waals surface area (Å²) in [6.45, 7) is 0.711. The van der Waals surface area contributed by atoms with E-state index in [-0.39, 0.29) is 13.1 Å². The first-order valence-electron chi connectivity index (χ1n) is 4.32. The van der Waals surface area contributed by atoms with Crippen molar-refractivity contribution < 1.29 is 18.7 Å². The Morgan fingerprint density at radius 2 is 2.31 bits per heavy atom. The lowest BCUT2D eigenvalue weighted by Gasteiger charge is -2.30. The molecule has 1 rings (SSSR count). The fourth-order valence-corrected chi connectivity index (χ4v) is 1.63. The van der Waals surface area contributed by atoms with Gasteiger partial charge in [-0.25, -0.2) is 8.78 Å². The third-order valence-corrected chi connectivity index (χ3v) is 2.26. The van der Waals surface area contributed by atoms with Crippen molar-refractivity contribution in [2.45, 2.75) is 19.3 Å². The first-order valence-corrected chi connectivity index (χ1v) is 4.32. The van der Waals surface area contributed by atoms with E-state index in [1.54, 1.807) is 4.90 Å². The molecule has 5 heteroatoms. The number of halogens is 2. The molecule has 1 N–H and O–H groups in total. The van der Waals surface area contributed by atoms with Crippen molar-refractivity contribution >= 4 is 5.97 Å². The Balaban J connectivity index is 2.37. The number of alkyl halides is 2. The van der Waals surface area contributed by atoms with Gasteiger partial charge in [0.15, 0.2) is 0 Å². The van der Waals surface area contributed by atoms with Crippen molar-refractivity contribution in [3.05, 3.63) is 0 Å². The number of hydrogen-bond acceptors (Lipinski definition) is 2. The average Bonchev–Trinajstić information content (AvgIpc) is 2.03. The second-order valence-corrected chi connectivity index (χ2v) is 3.37. The zero-order valence-electron chi connectivity index (χ0n) is 7.25. The smallest absolute Gasteiger partial charge is 0.317 e. The van der Waals surface area contributed by atoms with Gasteiger partial charge in [-0.15, -0.1) is 0 Å². The lowest BCUT2D eigenvalue weighted by molar-refractivity contribution is -0.139. The number of piperidine rings is 1. The Morgan fingerprint density at radius 1 is 1.62 bits per heavy atom. The second kappa shape index (κ2) is 4.50. The molecule has 0 radical (unpaired) electrons. The Kier molecular flexibility index (Phi) is 3.59. The average molecular weight is 193 g/mol. The number of likely N-dealkylation sites (tertiary alicyclic amines) is 1. The molecule has 0 bridgehead atoms. The van der Waals surface area contributed by atoms with Crippen LogP contribution in [0.2, 0.25) is 0 Å². The van der Waals surface area contributed by atoms with E-state index in [9.17, 15) is 13.6 Å². The summed E-state index contributed by atoms with van der Waals surface area (Å²) in [5.41, 5.74) is 0. The highest BCUT2D eigenvalue weighted by Gasteiger charge is 2.27. The van der Waals surface area contributed by atoms with Crippen LogP contribution in [0.3, 0.4) is 0 Å². The molecule has 1 aliphatic heterocycles. The predicted octanol–water partition coefficient (Wildman–Crippen LogP) is 1.05. The lowest BCUT2D eigenvalue weighted by atomic mass is 9.99. The minimum absolute atomic E-state index is 0.122. The number of rotatable bonds is 3. The number of nitrogens with zero attached hydrogens (tertiary/aromatic N) is 1. The van der Waals surface area contributed by atoms with Crippen LogP contribution in [-0.2, 0) is 4.79 Å². The van der Waals surface area contributed by atoms with Crippen LogP contribution in [0.4, 0.5) is 8.78 Å². The number of aliphatic carboxylic acids is 1. The fraction of sp³-hybridized carbons (Fsp3) is 0.875. The van der Waals surface area contributed by atoms with Gasteiger partial charge in [-0.2, -0.15) is 0 Å². The van der Waals surface area contributed by atoms with Crippen LogP contribution in [0, 0.1) is 5.92 Å². The third-order valence-electron chi connectivity index (χ3n) is 2.26. The van der Waals surface area contributed by atoms with Crippen LogP contribution in [0.5, 0.6) is 0 Å². The Labute approximate surface area is 75.3 Å². The van der Waals surface area contributed by atoms with E-state index in [4.69, 9.17) is 5.11 Å². The van der Waals surface area contributed by atoms with Gasteiger partial charge < -0.3 is 5.11 Å². The van der Waals surface area contributed by atoms with Gasteiger partial charge in [-0.1, -0.05) is 0 Å². The van der Waals surface area contributed by atoms with E-state index >= 15 is 0 Å². The summed E-state index contributed by atoms with van der Waals surface area (Å²) in [4.78, 5) is 11.9. The minimum atomic E-state index is -2.32. The molecular weight excluding hydrogens is 180 g/mol. The molecular formula is C8H13F2NO2. The Bertz CT molecular complexity index is 187. The highest BCUT2D eigenvalue weighted by molar-refractivity contribution is 5.69. The second-order valence-electron chi connectivity index (χ2n) is 3.37. The van der Waals surface area contributed by atoms with Crippen molar-refractivity contribution in [2.75, 3.05) is 19.6 Å². The van der Waals surface area contributed by atoms with E-state index < -0.39 is 18.3 Å². The molecule has 3 nitrogen and oxygen atoms in total. The first kappa shape index (κ1) is 10.4. The van der Waals surface area contributed by atoms with Gasteiger partial charge in [-0.3, -0.25) is 9.69 Å². The molecule has 0 aromatic carbocycles. The Hall–Kier alpha value is -0.710. The van der Waals surface area contributed by atoms with Crippen LogP contribution in [0.1, 0.15) is 12.8 Å². The summed E-state index contributed by atoms with van der Waals surface area (Å²) in [6.07, 6.45) is -1.15. The van der Waals surface area contributed by atoms with Crippen molar-refractivity contribution in [1.82, 2.24) is 4.90 Å². The molecule has 0 aliphatic carbocycles. The molecule has 76 valence electrons. The van der Waals surface area contributed by atoms with Crippen LogP contribution < -0.4 is 0 Å². The normalized spacial score (nSPS) is 25.0. The van der Waals surface area contributed by atoms with Crippen molar-refractivity contribution in [2.24, 2.45) is 5.92 Å². The van der Waals surface area contributed by atoms with Gasteiger partial charge in [0.2, 0.25) is 6.43 Å². The molecule has 1 atom stereocenters. The van der Waals surface area contributed by atoms with Gasteiger partial charge in [0.25, 0.3) is 0 Å². The van der Waals surface area contributed by atoms with Crippen LogP contribution in [0.25, 0.3) is 0 Å². The SMILES string of the molecule is O=C(O)CN1CCC[C@H](C(F)F)C1. The zero-order valence-corrected chi connectivity index (χ0v) is 7.25. The fourth-order valence-electron chi connectivity index (χ4n) is 1.63. The van der Waals surface area contributed by atoms with E-state index in [1.807, 2.05) is 0 Å². The molecule has 0 saturated carbocycles. The van der Waals surface area contributed by atoms with Crippen LogP contribution in [-0.4, -0.2) is 42.0 Å². The topological polar surface area (TPSA) is 40.5 Å². The number of carboxylic acid groups (broad SMARTS) is 1. The van der Waals surface area contributed by atoms with Crippen molar-refractivity contribution in [3.63, 3.8) is 0 Å². The summed E-state index contributed by atoms with van der Waals surface area (Å²) >= 11 is 0. The zero-order chi connectivity index (χ0) is 9.84. The van der Waals surface area contributed by atoms with E-state index in [0.717, 1.165) is 0 Å². The van der Waals surface area contributed by atoms with Gasteiger partial charge in [0.1, 0.15) is 0 Å². The summed E-state index contributed by atoms with van der Waals surface area (Å²) < 4.78 is 24.5. The van der Waals surface area contributed by atoms with Gasteiger partial charge in [0, 0.05) is 12.5 Å². The third kappa shape index (κ3) is 3.26. The van der Waals surface area contributed by atoms with Gasteiger partial charge in [0.05, 0.1) is 6.54 Å². The summed E-state index contributed by atoms with van der Waals surface area (Å²) in [5.74, 6) is -1.59. The molecule has 13 heavy (non-hydrogen) atoms. The summed E-state index contributed by atoms with van der Waals surface area (Å²) in [7, 11) is 0. The van der Waals surface area contributed by atoms with Gasteiger partial charge >= 0.3 is 5.97 Å². The molecule has 0 unspecified atom stereocenters. The largest absolute Gasteiger partial charge is 0.480 e. The minimum Gasteiger partial charge on any atom is -0.480 e. The molecule has 0 aromatic rings. The quantitative estimate of drug-likeness (QED) is 0.728. The van der Waals surface area contributed by atoms with Crippen molar-refractivity contribution in [1.29, 1.82) is 0 Å². The summed E-state index contributed by atoms with van der Waals surface area (Å²) in [6, 6.07) is 0. The lowest BCUT2D eigenvalue weighted by Crippen LogP contribution is -2.40. The molecule has 0 aromatic heterocycles. The molecule has 0 spiro atoms. The van der Waals surface area contributed by atoms with E-state index in [2.05, 4.69) is 0 Å². The maximum absolute atomic E-state index is 12.3. The standard InChI is InChI=1S/C8H13F2NO2/c9-8(10)6-2-1-3-11(4-6)5-7(12)13/h6,8H,1-5H2,(H,12,13)/t6-/m0/s1. The molecule has 0 amide bonds. The van der Waals surface area contributed by atoms with Crippen LogP contribution >= 0.6 is 0 Å². The molecule has 1 heterocycles. The summed E-state index contributed by atoms with van der Waals surface area (Å²) in [5, 5.41) is 8.46. The van der Waals surface area contributed by atoms with E-state index in [0.29, 0.717) is 19.4 Å². The number of hydrogen-bond donors (Lipinski definition) is 1. The number of carboxylic acids is 1. The van der Waals surface area contributed by atoms with E-state index in [1.165, 1.54) is 0 Å². The van der Waals surface area contributed by atoms with Crippen LogP contribution in [0.15, 0.2) is 0 Å². The van der Waals surface area contributed by atoms with Gasteiger partial charge in [-0.05, 0) is 19.4 Å². The van der Waals surface area contributed by atoms with Crippen molar-refractivity contribution in [3.8, 4) is 0 Å². The first-order chi connectivity index (χ1) is 6.09. The molecule has 1 saturated heterocycles. The molecule has 1 aliphatic rings. The number of carbonyl (C=O) groups is 1. The highest BCUT2D eigenvalue weighted by Crippen LogP contribution is 2.22. The Morgan fingerprint density at radius 3 is 2.85 bits per heavy atom. The maximum atomic E-state index is 12.3. The molecule has 1 fully saturated rings.